The predicted molar refractivity (Wildman–Crippen MR) is 72.1 cm³/mol. The van der Waals surface area contributed by atoms with Gasteiger partial charge in [-0.1, -0.05) is 31.5 Å². The van der Waals surface area contributed by atoms with Gasteiger partial charge in [-0.3, -0.25) is 0 Å². The number of para-hydroxylation sites is 1. The number of hydrogen-bond acceptors (Lipinski definition) is 1. The van der Waals surface area contributed by atoms with Crippen molar-refractivity contribution in [2.24, 2.45) is 0 Å². The highest BCUT2D eigenvalue weighted by Gasteiger charge is 2.09. The Balaban J connectivity index is 2.33. The van der Waals surface area contributed by atoms with Gasteiger partial charge in [0.15, 0.2) is 0 Å². The van der Waals surface area contributed by atoms with Gasteiger partial charge < -0.3 is 4.57 Å². The summed E-state index contributed by atoms with van der Waals surface area (Å²) < 4.78 is 2.34. The number of unbranched alkanes of at least 4 members (excludes halogenated alkanes) is 1. The van der Waals surface area contributed by atoms with Crippen LogP contribution in [-0.2, 0) is 6.54 Å². The molecule has 2 heteroatoms. The first-order chi connectivity index (χ1) is 8.42. The molecule has 0 amide bonds. The summed E-state index contributed by atoms with van der Waals surface area (Å²) in [7, 11) is 0. The van der Waals surface area contributed by atoms with Crippen molar-refractivity contribution >= 4 is 21.9 Å². The molecule has 0 N–H and O–H groups in total. The highest BCUT2D eigenvalue weighted by Crippen LogP contribution is 2.27. The van der Waals surface area contributed by atoms with Crippen molar-refractivity contribution in [1.29, 1.82) is 0 Å². The minimum Gasteiger partial charge on any atom is -0.325 e. The Labute approximate surface area is 101 Å². The largest absolute Gasteiger partial charge is 0.325 e. The SMILES string of the molecule is CCCCn1c2ccccc2c2cccnc21. The molecule has 0 spiro atoms. The second-order valence-electron chi connectivity index (χ2n) is 4.40. The van der Waals surface area contributed by atoms with Crippen molar-refractivity contribution in [3.05, 3.63) is 42.6 Å². The molecular formula is C15H16N2. The summed E-state index contributed by atoms with van der Waals surface area (Å²) >= 11 is 0. The second-order valence-corrected chi connectivity index (χ2v) is 4.40. The van der Waals surface area contributed by atoms with Crippen LogP contribution in [0.1, 0.15) is 19.8 Å². The molecule has 0 unspecified atom stereocenters. The molecule has 0 fully saturated rings. The number of pyridine rings is 1. The summed E-state index contributed by atoms with van der Waals surface area (Å²) in [5.74, 6) is 0. The van der Waals surface area contributed by atoms with E-state index in [4.69, 9.17) is 0 Å². The van der Waals surface area contributed by atoms with Crippen LogP contribution in [0.3, 0.4) is 0 Å². The predicted octanol–water partition coefficient (Wildman–Crippen LogP) is 3.99. The molecule has 2 heterocycles. The highest BCUT2D eigenvalue weighted by atomic mass is 15.0. The van der Waals surface area contributed by atoms with E-state index < -0.39 is 0 Å². The van der Waals surface area contributed by atoms with Gasteiger partial charge in [0.05, 0.1) is 5.52 Å². The first-order valence-electron chi connectivity index (χ1n) is 6.24. The number of aromatic nitrogens is 2. The number of rotatable bonds is 3. The summed E-state index contributed by atoms with van der Waals surface area (Å²) in [4.78, 5) is 4.53. The molecule has 3 aromatic rings. The van der Waals surface area contributed by atoms with E-state index in [9.17, 15) is 0 Å². The fourth-order valence-electron chi connectivity index (χ4n) is 2.42. The molecule has 0 saturated carbocycles. The lowest BCUT2D eigenvalue weighted by Gasteiger charge is -2.04. The fraction of sp³-hybridized carbons (Fsp3) is 0.267. The van der Waals surface area contributed by atoms with Crippen LogP contribution in [0.4, 0.5) is 0 Å². The van der Waals surface area contributed by atoms with Crippen molar-refractivity contribution < 1.29 is 0 Å². The van der Waals surface area contributed by atoms with Crippen molar-refractivity contribution in [2.75, 3.05) is 0 Å². The maximum atomic E-state index is 4.53. The average Bonchev–Trinajstić information content (AvgIpc) is 2.71. The normalized spacial score (nSPS) is 11.4. The zero-order valence-electron chi connectivity index (χ0n) is 10.1. The summed E-state index contributed by atoms with van der Waals surface area (Å²) in [6.45, 7) is 3.28. The van der Waals surface area contributed by atoms with Crippen molar-refractivity contribution in [3.8, 4) is 0 Å². The third-order valence-corrected chi connectivity index (χ3v) is 3.26. The van der Waals surface area contributed by atoms with Gasteiger partial charge in [-0.15, -0.1) is 0 Å². The molecule has 0 saturated heterocycles. The van der Waals surface area contributed by atoms with Crippen LogP contribution in [0.15, 0.2) is 42.6 Å². The molecule has 0 aliphatic heterocycles. The Morgan fingerprint density at radius 2 is 1.88 bits per heavy atom. The van der Waals surface area contributed by atoms with E-state index in [1.54, 1.807) is 0 Å². The van der Waals surface area contributed by atoms with Gasteiger partial charge in [0.2, 0.25) is 0 Å². The van der Waals surface area contributed by atoms with Gasteiger partial charge in [-0.2, -0.15) is 0 Å². The quantitative estimate of drug-likeness (QED) is 0.657. The van der Waals surface area contributed by atoms with Crippen LogP contribution in [0, 0.1) is 0 Å². The standard InChI is InChI=1S/C15H16N2/c1-2-3-11-17-14-9-5-4-7-12(14)13-8-6-10-16-15(13)17/h4-10H,2-3,11H2,1H3. The van der Waals surface area contributed by atoms with E-state index in [-0.39, 0.29) is 0 Å². The van der Waals surface area contributed by atoms with E-state index in [0.29, 0.717) is 0 Å². The Kier molecular flexibility index (Phi) is 2.56. The van der Waals surface area contributed by atoms with Crippen LogP contribution in [0.2, 0.25) is 0 Å². The molecule has 86 valence electrons. The minimum atomic E-state index is 1.05. The van der Waals surface area contributed by atoms with Gasteiger partial charge in [0, 0.05) is 23.5 Å². The number of nitrogens with zero attached hydrogens (tertiary/aromatic N) is 2. The lowest BCUT2D eigenvalue weighted by atomic mass is 10.2. The van der Waals surface area contributed by atoms with E-state index in [2.05, 4.69) is 46.8 Å². The number of fused-ring (bicyclic) bond motifs is 3. The molecule has 0 atom stereocenters. The lowest BCUT2D eigenvalue weighted by Crippen LogP contribution is -1.98. The lowest BCUT2D eigenvalue weighted by molar-refractivity contribution is 0.661. The topological polar surface area (TPSA) is 17.8 Å². The average molecular weight is 224 g/mol. The first-order valence-corrected chi connectivity index (χ1v) is 6.24. The molecule has 0 radical (unpaired) electrons. The van der Waals surface area contributed by atoms with Crippen LogP contribution in [0.25, 0.3) is 21.9 Å². The summed E-state index contributed by atoms with van der Waals surface area (Å²) in [5, 5.41) is 2.57. The smallest absolute Gasteiger partial charge is 0.140 e. The molecule has 0 aliphatic carbocycles. The molecule has 17 heavy (non-hydrogen) atoms. The minimum absolute atomic E-state index is 1.05. The maximum absolute atomic E-state index is 4.53. The summed E-state index contributed by atoms with van der Waals surface area (Å²) in [5.41, 5.74) is 2.41. The molecule has 2 nitrogen and oxygen atoms in total. The zero-order chi connectivity index (χ0) is 11.7. The molecule has 3 rings (SSSR count). The molecule has 2 aromatic heterocycles. The molecule has 1 aromatic carbocycles. The zero-order valence-corrected chi connectivity index (χ0v) is 10.1. The molecular weight excluding hydrogens is 208 g/mol. The molecule has 0 aliphatic rings. The van der Waals surface area contributed by atoms with Crippen LogP contribution < -0.4 is 0 Å². The van der Waals surface area contributed by atoms with E-state index in [0.717, 1.165) is 12.2 Å². The van der Waals surface area contributed by atoms with Crippen molar-refractivity contribution in [2.45, 2.75) is 26.3 Å². The second kappa shape index (κ2) is 4.21. The Bertz CT molecular complexity index is 599. The Hall–Kier alpha value is -1.83. The summed E-state index contributed by atoms with van der Waals surface area (Å²) in [6.07, 6.45) is 4.29. The van der Waals surface area contributed by atoms with Crippen LogP contribution >= 0.6 is 0 Å². The van der Waals surface area contributed by atoms with Crippen molar-refractivity contribution in [3.63, 3.8) is 0 Å². The van der Waals surface area contributed by atoms with Crippen molar-refractivity contribution in [1.82, 2.24) is 9.55 Å². The molecule has 0 bridgehead atoms. The van der Waals surface area contributed by atoms with Gasteiger partial charge in [0.1, 0.15) is 5.65 Å². The van der Waals surface area contributed by atoms with Gasteiger partial charge in [-0.25, -0.2) is 4.98 Å². The Morgan fingerprint density at radius 1 is 1.06 bits per heavy atom. The highest BCUT2D eigenvalue weighted by molar-refractivity contribution is 6.06. The number of aryl methyl sites for hydroxylation is 1. The van der Waals surface area contributed by atoms with Gasteiger partial charge in [-0.05, 0) is 24.6 Å². The van der Waals surface area contributed by atoms with Gasteiger partial charge in [0.25, 0.3) is 0 Å². The van der Waals surface area contributed by atoms with Gasteiger partial charge >= 0.3 is 0 Å². The summed E-state index contributed by atoms with van der Waals surface area (Å²) in [6, 6.07) is 12.7. The fourth-order valence-corrected chi connectivity index (χ4v) is 2.42. The van der Waals surface area contributed by atoms with Crippen LogP contribution in [-0.4, -0.2) is 9.55 Å². The monoisotopic (exact) mass is 224 g/mol. The maximum Gasteiger partial charge on any atom is 0.140 e. The first kappa shape index (κ1) is 10.3. The number of hydrogen-bond donors (Lipinski definition) is 0. The Morgan fingerprint density at radius 3 is 2.76 bits per heavy atom. The number of benzene rings is 1. The van der Waals surface area contributed by atoms with E-state index in [1.807, 2.05) is 12.3 Å². The van der Waals surface area contributed by atoms with Crippen LogP contribution in [0.5, 0.6) is 0 Å². The third-order valence-electron chi connectivity index (χ3n) is 3.26. The van der Waals surface area contributed by atoms with E-state index >= 15 is 0 Å². The van der Waals surface area contributed by atoms with E-state index in [1.165, 1.54) is 29.1 Å². The third kappa shape index (κ3) is 1.60.